The highest BCUT2D eigenvalue weighted by atomic mass is 16.6. The number of nitro groups is 1. The van der Waals surface area contributed by atoms with Crippen molar-refractivity contribution in [2.75, 3.05) is 0 Å². The largest absolute Gasteiger partial charge is 0.313 e. The molecule has 0 bridgehead atoms. The molecule has 3 aromatic rings. The molecule has 19 heavy (non-hydrogen) atoms. The van der Waals surface area contributed by atoms with Crippen molar-refractivity contribution in [3.05, 3.63) is 58.3 Å². The number of nitrogens with zero attached hydrogens (tertiary/aromatic N) is 4. The van der Waals surface area contributed by atoms with Crippen LogP contribution in [0.4, 0.5) is 5.69 Å². The minimum Gasteiger partial charge on any atom is -0.258 e. The molecule has 2 aromatic heterocycles. The molecule has 0 radical (unpaired) electrons. The van der Waals surface area contributed by atoms with E-state index >= 15 is 0 Å². The first-order chi connectivity index (χ1) is 9.16. The molecule has 6 heteroatoms. The van der Waals surface area contributed by atoms with E-state index in [9.17, 15) is 10.1 Å². The quantitative estimate of drug-likeness (QED) is 0.520. The highest BCUT2D eigenvalue weighted by molar-refractivity contribution is 5.66. The number of pyridine rings is 1. The topological polar surface area (TPSA) is 73.3 Å². The van der Waals surface area contributed by atoms with Crippen molar-refractivity contribution in [1.29, 1.82) is 0 Å². The monoisotopic (exact) mass is 254 g/mol. The number of fused-ring (bicyclic) bond motifs is 1. The van der Waals surface area contributed by atoms with Gasteiger partial charge in [0, 0.05) is 17.8 Å². The number of rotatable bonds is 2. The first-order valence-electron chi connectivity index (χ1n) is 5.72. The predicted molar refractivity (Wildman–Crippen MR) is 69.8 cm³/mol. The van der Waals surface area contributed by atoms with Crippen LogP contribution in [-0.2, 0) is 0 Å². The van der Waals surface area contributed by atoms with E-state index in [1.807, 2.05) is 31.2 Å². The normalized spacial score (nSPS) is 10.8. The van der Waals surface area contributed by atoms with Gasteiger partial charge >= 0.3 is 5.69 Å². The van der Waals surface area contributed by atoms with E-state index in [0.29, 0.717) is 5.82 Å². The molecule has 2 heterocycles. The van der Waals surface area contributed by atoms with Gasteiger partial charge in [-0.2, -0.15) is 0 Å². The Morgan fingerprint density at radius 1 is 1.21 bits per heavy atom. The van der Waals surface area contributed by atoms with Crippen molar-refractivity contribution in [2.45, 2.75) is 6.92 Å². The van der Waals surface area contributed by atoms with Gasteiger partial charge in [0.25, 0.3) is 0 Å². The number of aromatic nitrogens is 3. The highest BCUT2D eigenvalue weighted by Gasteiger charge is 2.17. The lowest BCUT2D eigenvalue weighted by Crippen LogP contribution is -1.93. The van der Waals surface area contributed by atoms with E-state index in [1.165, 1.54) is 10.6 Å². The van der Waals surface area contributed by atoms with E-state index in [-0.39, 0.29) is 11.3 Å². The molecule has 0 aliphatic rings. The van der Waals surface area contributed by atoms with Gasteiger partial charge in [0.05, 0.1) is 4.92 Å². The maximum atomic E-state index is 11.0. The first-order valence-corrected chi connectivity index (χ1v) is 5.72. The smallest absolute Gasteiger partial charge is 0.258 e. The van der Waals surface area contributed by atoms with Crippen molar-refractivity contribution in [1.82, 2.24) is 14.6 Å². The minimum absolute atomic E-state index is 0.0464. The molecule has 6 nitrogen and oxygen atoms in total. The summed E-state index contributed by atoms with van der Waals surface area (Å²) >= 11 is 0. The van der Waals surface area contributed by atoms with Crippen LogP contribution < -0.4 is 0 Å². The van der Waals surface area contributed by atoms with Crippen LogP contribution in [0.2, 0.25) is 0 Å². The molecule has 0 aliphatic carbocycles. The summed E-state index contributed by atoms with van der Waals surface area (Å²) < 4.78 is 1.43. The van der Waals surface area contributed by atoms with Crippen LogP contribution in [-0.4, -0.2) is 19.5 Å². The second kappa shape index (κ2) is 4.16. The van der Waals surface area contributed by atoms with Crippen LogP contribution in [0.25, 0.3) is 17.0 Å². The molecule has 0 saturated heterocycles. The fourth-order valence-electron chi connectivity index (χ4n) is 1.97. The van der Waals surface area contributed by atoms with Crippen LogP contribution in [0.1, 0.15) is 5.56 Å². The average Bonchev–Trinajstić information content (AvgIpc) is 2.82. The molecule has 1 aromatic carbocycles. The number of benzene rings is 1. The summed E-state index contributed by atoms with van der Waals surface area (Å²) in [5.74, 6) is 0.493. The third-order valence-electron chi connectivity index (χ3n) is 2.92. The molecule has 3 rings (SSSR count). The summed E-state index contributed by atoms with van der Waals surface area (Å²) in [6.07, 6.45) is 1.65. The van der Waals surface area contributed by atoms with Crippen LogP contribution >= 0.6 is 0 Å². The van der Waals surface area contributed by atoms with Gasteiger partial charge in [-0.05, 0) is 18.6 Å². The molecule has 0 spiro atoms. The molecule has 0 N–H and O–H groups in total. The lowest BCUT2D eigenvalue weighted by atomic mass is 10.1. The van der Waals surface area contributed by atoms with Crippen molar-refractivity contribution >= 4 is 11.3 Å². The second-order valence-corrected chi connectivity index (χ2v) is 4.17. The zero-order chi connectivity index (χ0) is 13.4. The summed E-state index contributed by atoms with van der Waals surface area (Å²) in [4.78, 5) is 14.8. The number of aryl methyl sites for hydroxylation is 1. The maximum absolute atomic E-state index is 11.0. The first kappa shape index (κ1) is 11.3. The molecule has 0 amide bonds. The molecular formula is C13H10N4O2. The summed E-state index contributed by atoms with van der Waals surface area (Å²) in [7, 11) is 0. The van der Waals surface area contributed by atoms with Crippen LogP contribution in [0.3, 0.4) is 0 Å². The third kappa shape index (κ3) is 1.83. The summed E-state index contributed by atoms with van der Waals surface area (Å²) in [5, 5.41) is 15.2. The van der Waals surface area contributed by atoms with Crippen LogP contribution in [0, 0.1) is 17.0 Å². The summed E-state index contributed by atoms with van der Waals surface area (Å²) in [6, 6.07) is 10.7. The van der Waals surface area contributed by atoms with E-state index in [0.717, 1.165) is 11.1 Å². The Bertz CT molecular complexity index is 779. The molecular weight excluding hydrogens is 244 g/mol. The van der Waals surface area contributed by atoms with Gasteiger partial charge in [-0.15, -0.1) is 5.10 Å². The Kier molecular flexibility index (Phi) is 2.49. The second-order valence-electron chi connectivity index (χ2n) is 4.17. The zero-order valence-electron chi connectivity index (χ0n) is 10.1. The average molecular weight is 254 g/mol. The van der Waals surface area contributed by atoms with Gasteiger partial charge < -0.3 is 0 Å². The number of hydrogen-bond acceptors (Lipinski definition) is 4. The molecule has 94 valence electrons. The Morgan fingerprint density at radius 3 is 2.74 bits per heavy atom. The zero-order valence-corrected chi connectivity index (χ0v) is 10.1. The van der Waals surface area contributed by atoms with Crippen molar-refractivity contribution in [2.24, 2.45) is 0 Å². The van der Waals surface area contributed by atoms with Crippen molar-refractivity contribution in [3.63, 3.8) is 0 Å². The van der Waals surface area contributed by atoms with E-state index in [4.69, 9.17) is 0 Å². The highest BCUT2D eigenvalue weighted by Crippen LogP contribution is 2.23. The van der Waals surface area contributed by atoms with Crippen molar-refractivity contribution in [3.8, 4) is 11.4 Å². The molecule has 0 saturated carbocycles. The lowest BCUT2D eigenvalue weighted by Gasteiger charge is -1.98. The van der Waals surface area contributed by atoms with Gasteiger partial charge in [0.1, 0.15) is 0 Å². The Morgan fingerprint density at radius 2 is 2.00 bits per heavy atom. The SMILES string of the molecule is Cc1ccccc1-c1nc2c([N+](=O)[O-])cccn2n1. The van der Waals surface area contributed by atoms with Gasteiger partial charge in [-0.1, -0.05) is 24.3 Å². The van der Waals surface area contributed by atoms with Gasteiger partial charge in [0.15, 0.2) is 5.82 Å². The fraction of sp³-hybridized carbons (Fsp3) is 0.0769. The van der Waals surface area contributed by atoms with Crippen LogP contribution in [0.5, 0.6) is 0 Å². The van der Waals surface area contributed by atoms with Gasteiger partial charge in [-0.25, -0.2) is 9.50 Å². The van der Waals surface area contributed by atoms with E-state index < -0.39 is 4.92 Å². The standard InChI is InChI=1S/C13H10N4O2/c1-9-5-2-3-6-10(9)12-14-13-11(17(18)19)7-4-8-16(13)15-12/h2-8H,1H3. The molecule has 0 unspecified atom stereocenters. The van der Waals surface area contributed by atoms with Crippen molar-refractivity contribution < 1.29 is 4.92 Å². The Labute approximate surface area is 108 Å². The van der Waals surface area contributed by atoms with Gasteiger partial charge in [0.2, 0.25) is 5.65 Å². The maximum Gasteiger partial charge on any atom is 0.313 e. The van der Waals surface area contributed by atoms with E-state index in [2.05, 4.69) is 10.1 Å². The minimum atomic E-state index is -0.453. The summed E-state index contributed by atoms with van der Waals surface area (Å²) in [5.41, 5.74) is 2.11. The lowest BCUT2D eigenvalue weighted by molar-refractivity contribution is -0.383. The predicted octanol–water partition coefficient (Wildman–Crippen LogP) is 2.61. The molecule has 0 atom stereocenters. The fourth-order valence-corrected chi connectivity index (χ4v) is 1.97. The number of hydrogen-bond donors (Lipinski definition) is 0. The Balaban J connectivity index is 2.26. The molecule has 0 fully saturated rings. The van der Waals surface area contributed by atoms with E-state index in [1.54, 1.807) is 12.3 Å². The third-order valence-corrected chi connectivity index (χ3v) is 2.92. The molecule has 0 aliphatic heterocycles. The Hall–Kier alpha value is -2.76. The van der Waals surface area contributed by atoms with Crippen LogP contribution in [0.15, 0.2) is 42.6 Å². The van der Waals surface area contributed by atoms with Gasteiger partial charge in [-0.3, -0.25) is 10.1 Å². The summed E-state index contributed by atoms with van der Waals surface area (Å²) in [6.45, 7) is 1.95.